The van der Waals surface area contributed by atoms with Gasteiger partial charge < -0.3 is 20.2 Å². The van der Waals surface area contributed by atoms with E-state index in [0.29, 0.717) is 23.0 Å². The van der Waals surface area contributed by atoms with Gasteiger partial charge in [-0.1, -0.05) is 49.9 Å². The maximum Gasteiger partial charge on any atom is 0.272 e. The summed E-state index contributed by atoms with van der Waals surface area (Å²) in [5.74, 6) is -0.208. The topological polar surface area (TPSA) is 111 Å². The SMILES string of the molecule is CCCCCC1CN(CC(O)NCC(O)O)C(=O)c2cc(-c3ccc(Cl)cc3)nn21. The molecule has 0 saturated heterocycles. The Bertz CT molecular complexity index is 840. The number of carbonyl (C=O) groups excluding carboxylic acids is 1. The van der Waals surface area contributed by atoms with Crippen molar-refractivity contribution in [2.45, 2.75) is 51.2 Å². The predicted molar refractivity (Wildman–Crippen MR) is 114 cm³/mol. The van der Waals surface area contributed by atoms with E-state index < -0.39 is 12.5 Å². The molecule has 1 aromatic carbocycles. The number of benzene rings is 1. The van der Waals surface area contributed by atoms with Crippen molar-refractivity contribution in [3.05, 3.63) is 41.0 Å². The maximum absolute atomic E-state index is 13.1. The number of aromatic nitrogens is 2. The van der Waals surface area contributed by atoms with Crippen LogP contribution in [0.1, 0.15) is 49.1 Å². The number of hydrogen-bond donors (Lipinski definition) is 4. The molecule has 0 saturated carbocycles. The third-order valence-electron chi connectivity index (χ3n) is 5.23. The average molecular weight is 437 g/mol. The molecule has 2 heterocycles. The number of aliphatic hydroxyl groups excluding tert-OH is 2. The zero-order chi connectivity index (χ0) is 21.7. The van der Waals surface area contributed by atoms with E-state index in [1.165, 1.54) is 0 Å². The van der Waals surface area contributed by atoms with Crippen molar-refractivity contribution < 1.29 is 20.1 Å². The summed E-state index contributed by atoms with van der Waals surface area (Å²) in [6, 6.07) is 9.12. The number of fused-ring (bicyclic) bond motifs is 1. The van der Waals surface area contributed by atoms with Gasteiger partial charge in [-0.05, 0) is 24.6 Å². The first-order valence-electron chi connectivity index (χ1n) is 10.3. The Labute approximate surface area is 181 Å². The zero-order valence-electron chi connectivity index (χ0n) is 17.0. The lowest BCUT2D eigenvalue weighted by Crippen LogP contribution is -2.50. The molecule has 3 rings (SSSR count). The summed E-state index contributed by atoms with van der Waals surface area (Å²) in [7, 11) is 0. The van der Waals surface area contributed by atoms with Crippen LogP contribution in [0.5, 0.6) is 0 Å². The molecule has 0 bridgehead atoms. The molecule has 1 amide bonds. The molecule has 2 aromatic rings. The van der Waals surface area contributed by atoms with Gasteiger partial charge in [0.1, 0.15) is 11.9 Å². The lowest BCUT2D eigenvalue weighted by atomic mass is 10.0. The molecule has 0 fully saturated rings. The fourth-order valence-corrected chi connectivity index (χ4v) is 3.81. The molecule has 0 aliphatic carbocycles. The molecule has 2 atom stereocenters. The molecule has 8 nitrogen and oxygen atoms in total. The number of aliphatic hydroxyl groups is 3. The molecule has 0 spiro atoms. The van der Waals surface area contributed by atoms with Gasteiger partial charge in [-0.15, -0.1) is 0 Å². The second-order valence-corrected chi connectivity index (χ2v) is 8.07. The van der Waals surface area contributed by atoms with Gasteiger partial charge in [-0.2, -0.15) is 5.10 Å². The van der Waals surface area contributed by atoms with Gasteiger partial charge in [-0.25, -0.2) is 0 Å². The standard InChI is InChI=1S/C21H29ClN4O4/c1-2-3-4-5-16-12-25(13-19(27)23-11-20(28)29)21(30)18-10-17(24-26(16)18)14-6-8-15(22)9-7-14/h6-10,16,19-20,23,27-29H,2-5,11-13H2,1H3. The fraction of sp³-hybridized carbons (Fsp3) is 0.524. The molecule has 2 unspecified atom stereocenters. The van der Waals surface area contributed by atoms with Crippen LogP contribution in [0.3, 0.4) is 0 Å². The Morgan fingerprint density at radius 2 is 1.97 bits per heavy atom. The van der Waals surface area contributed by atoms with Crippen LogP contribution in [0.4, 0.5) is 0 Å². The van der Waals surface area contributed by atoms with E-state index in [1.807, 2.05) is 16.8 Å². The molecule has 164 valence electrons. The Balaban J connectivity index is 1.83. The highest BCUT2D eigenvalue weighted by Crippen LogP contribution is 2.30. The van der Waals surface area contributed by atoms with Crippen molar-refractivity contribution >= 4 is 17.5 Å². The van der Waals surface area contributed by atoms with E-state index in [0.717, 1.165) is 31.2 Å². The monoisotopic (exact) mass is 436 g/mol. The quantitative estimate of drug-likeness (QED) is 0.335. The van der Waals surface area contributed by atoms with Crippen molar-refractivity contribution in [3.8, 4) is 11.3 Å². The van der Waals surface area contributed by atoms with Crippen LogP contribution in [-0.4, -0.2) is 68.1 Å². The number of carbonyl (C=O) groups is 1. The predicted octanol–water partition coefficient (Wildman–Crippen LogP) is 2.00. The van der Waals surface area contributed by atoms with Gasteiger partial charge in [0.25, 0.3) is 5.91 Å². The van der Waals surface area contributed by atoms with Gasteiger partial charge in [0.05, 0.1) is 18.3 Å². The van der Waals surface area contributed by atoms with Crippen molar-refractivity contribution in [1.29, 1.82) is 0 Å². The smallest absolute Gasteiger partial charge is 0.272 e. The Kier molecular flexibility index (Phi) is 7.85. The Hall–Kier alpha value is -1.97. The minimum absolute atomic E-state index is 0.0148. The van der Waals surface area contributed by atoms with E-state index in [4.69, 9.17) is 26.9 Å². The van der Waals surface area contributed by atoms with Crippen LogP contribution in [-0.2, 0) is 0 Å². The normalized spacial score (nSPS) is 17.5. The van der Waals surface area contributed by atoms with Gasteiger partial charge in [0.2, 0.25) is 0 Å². The molecule has 1 aliphatic rings. The van der Waals surface area contributed by atoms with E-state index in [9.17, 15) is 9.90 Å². The third-order valence-corrected chi connectivity index (χ3v) is 5.48. The first-order valence-corrected chi connectivity index (χ1v) is 10.7. The lowest BCUT2D eigenvalue weighted by Gasteiger charge is -2.35. The summed E-state index contributed by atoms with van der Waals surface area (Å²) in [6.07, 6.45) is 1.48. The van der Waals surface area contributed by atoms with E-state index in [1.54, 1.807) is 23.1 Å². The molecular weight excluding hydrogens is 408 g/mol. The largest absolute Gasteiger partial charge is 0.377 e. The number of rotatable bonds is 10. The van der Waals surface area contributed by atoms with Crippen molar-refractivity contribution in [2.75, 3.05) is 19.6 Å². The van der Waals surface area contributed by atoms with E-state index >= 15 is 0 Å². The third kappa shape index (κ3) is 5.59. The summed E-state index contributed by atoms with van der Waals surface area (Å²) >= 11 is 5.98. The zero-order valence-corrected chi connectivity index (χ0v) is 17.8. The van der Waals surface area contributed by atoms with Crippen LogP contribution in [0.2, 0.25) is 5.02 Å². The summed E-state index contributed by atoms with van der Waals surface area (Å²) in [5, 5.41) is 36.0. The second kappa shape index (κ2) is 10.4. The van der Waals surface area contributed by atoms with E-state index in [-0.39, 0.29) is 25.0 Å². The lowest BCUT2D eigenvalue weighted by molar-refractivity contribution is -0.0486. The first-order chi connectivity index (χ1) is 14.4. The van der Waals surface area contributed by atoms with Crippen LogP contribution in [0.15, 0.2) is 30.3 Å². The summed E-state index contributed by atoms with van der Waals surface area (Å²) < 4.78 is 1.82. The molecule has 0 radical (unpaired) electrons. The molecule has 30 heavy (non-hydrogen) atoms. The molecule has 1 aromatic heterocycles. The van der Waals surface area contributed by atoms with Gasteiger partial charge >= 0.3 is 0 Å². The highest BCUT2D eigenvalue weighted by atomic mass is 35.5. The number of nitrogens with one attached hydrogen (secondary N) is 1. The number of unbranched alkanes of at least 4 members (excludes halogenated alkanes) is 2. The highest BCUT2D eigenvalue weighted by molar-refractivity contribution is 6.30. The fourth-order valence-electron chi connectivity index (χ4n) is 3.69. The Morgan fingerprint density at radius 3 is 2.63 bits per heavy atom. The number of hydrogen-bond acceptors (Lipinski definition) is 6. The van der Waals surface area contributed by atoms with Crippen molar-refractivity contribution in [3.63, 3.8) is 0 Å². The summed E-state index contributed by atoms with van der Waals surface area (Å²) in [6.45, 7) is 2.46. The van der Waals surface area contributed by atoms with Crippen molar-refractivity contribution in [1.82, 2.24) is 20.0 Å². The average Bonchev–Trinajstić information content (AvgIpc) is 3.16. The van der Waals surface area contributed by atoms with Crippen LogP contribution in [0, 0.1) is 0 Å². The number of amides is 1. The number of β-amino-alcohol motifs (C(OH)–C–C–N with tert-alkyl or cyclic N) is 1. The number of halogens is 1. The second-order valence-electron chi connectivity index (χ2n) is 7.63. The van der Waals surface area contributed by atoms with Crippen LogP contribution < -0.4 is 5.32 Å². The molecular formula is C21H29ClN4O4. The maximum atomic E-state index is 13.1. The minimum Gasteiger partial charge on any atom is -0.377 e. The molecule has 4 N–H and O–H groups in total. The van der Waals surface area contributed by atoms with Gasteiger partial charge in [0.15, 0.2) is 6.29 Å². The summed E-state index contributed by atoms with van der Waals surface area (Å²) in [4.78, 5) is 14.7. The summed E-state index contributed by atoms with van der Waals surface area (Å²) in [5.41, 5.74) is 2.08. The van der Waals surface area contributed by atoms with E-state index in [2.05, 4.69) is 12.2 Å². The molecule has 9 heteroatoms. The van der Waals surface area contributed by atoms with Gasteiger partial charge in [0, 0.05) is 23.7 Å². The first kappa shape index (κ1) is 22.7. The minimum atomic E-state index is -1.57. The molecule has 1 aliphatic heterocycles. The Morgan fingerprint density at radius 1 is 1.23 bits per heavy atom. The van der Waals surface area contributed by atoms with Crippen molar-refractivity contribution in [2.24, 2.45) is 0 Å². The highest BCUT2D eigenvalue weighted by Gasteiger charge is 2.33. The van der Waals surface area contributed by atoms with Gasteiger partial charge in [-0.3, -0.25) is 14.8 Å². The number of nitrogens with zero attached hydrogens (tertiary/aromatic N) is 3. The van der Waals surface area contributed by atoms with Crippen LogP contribution in [0.25, 0.3) is 11.3 Å². The van der Waals surface area contributed by atoms with Crippen LogP contribution >= 0.6 is 11.6 Å².